The van der Waals surface area contributed by atoms with Gasteiger partial charge in [0.1, 0.15) is 23.2 Å². The second kappa shape index (κ2) is 9.00. The first kappa shape index (κ1) is 18.7. The van der Waals surface area contributed by atoms with E-state index in [1.165, 1.54) is 30.3 Å². The molecule has 2 aromatic rings. The maximum Gasteiger partial charge on any atom is 0.266 e. The molecular formula is C19H16BrFN2O2. The largest absolute Gasteiger partial charge is 0.492 e. The number of carbonyl (C=O) groups excluding carboxylic acids is 1. The molecule has 0 spiro atoms. The van der Waals surface area contributed by atoms with Crippen molar-refractivity contribution in [3.63, 3.8) is 0 Å². The van der Waals surface area contributed by atoms with Crippen LogP contribution in [0.2, 0.25) is 0 Å². The van der Waals surface area contributed by atoms with Crippen molar-refractivity contribution in [3.8, 4) is 11.8 Å². The van der Waals surface area contributed by atoms with E-state index in [2.05, 4.69) is 21.2 Å². The number of hydrogen-bond acceptors (Lipinski definition) is 3. The summed E-state index contributed by atoms with van der Waals surface area (Å²) < 4.78 is 19.2. The Bertz CT molecular complexity index is 826. The monoisotopic (exact) mass is 402 g/mol. The fourth-order valence-corrected chi connectivity index (χ4v) is 2.49. The van der Waals surface area contributed by atoms with Crippen molar-refractivity contribution in [2.75, 3.05) is 11.9 Å². The average molecular weight is 403 g/mol. The van der Waals surface area contributed by atoms with Gasteiger partial charge in [0.15, 0.2) is 0 Å². The van der Waals surface area contributed by atoms with Crippen molar-refractivity contribution in [2.45, 2.75) is 13.3 Å². The molecule has 1 amide bonds. The molecule has 0 atom stereocenters. The highest BCUT2D eigenvalue weighted by molar-refractivity contribution is 9.10. The summed E-state index contributed by atoms with van der Waals surface area (Å²) in [7, 11) is 0. The summed E-state index contributed by atoms with van der Waals surface area (Å²) in [4.78, 5) is 12.2. The molecular weight excluding hydrogens is 387 g/mol. The summed E-state index contributed by atoms with van der Waals surface area (Å²) in [5.74, 6) is -0.255. The fraction of sp³-hybridized carbons (Fsp3) is 0.158. The highest BCUT2D eigenvalue weighted by Gasteiger charge is 2.10. The molecule has 0 heterocycles. The lowest BCUT2D eigenvalue weighted by molar-refractivity contribution is -0.112. The minimum absolute atomic E-state index is 0.0570. The van der Waals surface area contributed by atoms with Crippen LogP contribution < -0.4 is 10.1 Å². The number of nitriles is 1. The first-order valence-electron chi connectivity index (χ1n) is 7.64. The van der Waals surface area contributed by atoms with E-state index in [-0.39, 0.29) is 5.57 Å². The van der Waals surface area contributed by atoms with Gasteiger partial charge >= 0.3 is 0 Å². The summed E-state index contributed by atoms with van der Waals surface area (Å²) in [5, 5.41) is 11.8. The van der Waals surface area contributed by atoms with E-state index in [4.69, 9.17) is 4.74 Å². The van der Waals surface area contributed by atoms with Crippen LogP contribution in [-0.2, 0) is 4.79 Å². The standard InChI is InChI=1S/C19H16BrFN2O2/c1-2-9-25-18-8-3-13(11-17(18)20)10-14(12-22)19(24)23-16-6-4-15(21)5-7-16/h3-8,10-11H,2,9H2,1H3,(H,23,24)/b14-10+. The summed E-state index contributed by atoms with van der Waals surface area (Å²) in [6.45, 7) is 2.63. The first-order valence-corrected chi connectivity index (χ1v) is 8.44. The van der Waals surface area contributed by atoms with E-state index in [0.717, 1.165) is 10.9 Å². The molecule has 4 nitrogen and oxygen atoms in total. The van der Waals surface area contributed by atoms with Crippen molar-refractivity contribution in [1.82, 2.24) is 0 Å². The minimum atomic E-state index is -0.559. The number of halogens is 2. The Hall–Kier alpha value is -2.65. The lowest BCUT2D eigenvalue weighted by Crippen LogP contribution is -2.13. The molecule has 0 saturated heterocycles. The third-order valence-corrected chi connectivity index (χ3v) is 3.82. The van der Waals surface area contributed by atoms with Crippen LogP contribution in [0.25, 0.3) is 6.08 Å². The van der Waals surface area contributed by atoms with Gasteiger partial charge in [0, 0.05) is 5.69 Å². The third-order valence-electron chi connectivity index (χ3n) is 3.20. The lowest BCUT2D eigenvalue weighted by atomic mass is 10.1. The number of nitrogens with zero attached hydrogens (tertiary/aromatic N) is 1. The quantitative estimate of drug-likeness (QED) is 0.550. The Morgan fingerprint density at radius 1 is 1.32 bits per heavy atom. The highest BCUT2D eigenvalue weighted by Crippen LogP contribution is 2.27. The zero-order chi connectivity index (χ0) is 18.2. The third kappa shape index (κ3) is 5.44. The van der Waals surface area contributed by atoms with Crippen LogP contribution in [0.4, 0.5) is 10.1 Å². The predicted molar refractivity (Wildman–Crippen MR) is 98.5 cm³/mol. The smallest absolute Gasteiger partial charge is 0.266 e. The molecule has 0 saturated carbocycles. The Morgan fingerprint density at radius 2 is 2.04 bits per heavy atom. The van der Waals surface area contributed by atoms with Crippen LogP contribution in [0.3, 0.4) is 0 Å². The second-order valence-corrected chi connectivity index (χ2v) is 6.02. The van der Waals surface area contributed by atoms with Gasteiger partial charge < -0.3 is 10.1 Å². The number of hydrogen-bond donors (Lipinski definition) is 1. The molecule has 6 heteroatoms. The van der Waals surface area contributed by atoms with Crippen molar-refractivity contribution in [1.29, 1.82) is 5.26 Å². The maximum absolute atomic E-state index is 12.9. The second-order valence-electron chi connectivity index (χ2n) is 5.17. The predicted octanol–water partition coefficient (Wildman–Crippen LogP) is 4.92. The molecule has 25 heavy (non-hydrogen) atoms. The Kier molecular flexibility index (Phi) is 6.72. The van der Waals surface area contributed by atoms with Crippen molar-refractivity contribution in [2.24, 2.45) is 0 Å². The van der Waals surface area contributed by atoms with Crippen LogP contribution in [0.1, 0.15) is 18.9 Å². The average Bonchev–Trinajstić information content (AvgIpc) is 2.60. The van der Waals surface area contributed by atoms with E-state index in [9.17, 15) is 14.4 Å². The molecule has 2 rings (SSSR count). The van der Waals surface area contributed by atoms with Gasteiger partial charge in [-0.15, -0.1) is 0 Å². The van der Waals surface area contributed by atoms with Gasteiger partial charge in [0.2, 0.25) is 0 Å². The van der Waals surface area contributed by atoms with Crippen molar-refractivity contribution < 1.29 is 13.9 Å². The topological polar surface area (TPSA) is 62.1 Å². The molecule has 0 bridgehead atoms. The Labute approximate surface area is 154 Å². The molecule has 0 unspecified atom stereocenters. The van der Waals surface area contributed by atoms with Gasteiger partial charge in [-0.05, 0) is 70.4 Å². The number of carbonyl (C=O) groups is 1. The maximum atomic E-state index is 12.9. The minimum Gasteiger partial charge on any atom is -0.492 e. The first-order chi connectivity index (χ1) is 12.0. The molecule has 0 aromatic heterocycles. The highest BCUT2D eigenvalue weighted by atomic mass is 79.9. The van der Waals surface area contributed by atoms with Crippen LogP contribution in [0.5, 0.6) is 5.75 Å². The van der Waals surface area contributed by atoms with Crippen molar-refractivity contribution in [3.05, 3.63) is 63.9 Å². The summed E-state index contributed by atoms with van der Waals surface area (Å²) in [6.07, 6.45) is 2.38. The van der Waals surface area contributed by atoms with E-state index in [1.54, 1.807) is 18.2 Å². The van der Waals surface area contributed by atoms with Gasteiger partial charge in [-0.25, -0.2) is 4.39 Å². The molecule has 128 valence electrons. The summed E-state index contributed by atoms with van der Waals surface area (Å²) in [5.41, 5.74) is 1.04. The van der Waals surface area contributed by atoms with Crippen LogP contribution >= 0.6 is 15.9 Å². The van der Waals surface area contributed by atoms with Crippen LogP contribution in [0.15, 0.2) is 52.5 Å². The molecule has 0 radical (unpaired) electrons. The number of anilines is 1. The number of benzene rings is 2. The molecule has 0 fully saturated rings. The normalized spacial score (nSPS) is 10.9. The fourth-order valence-electron chi connectivity index (χ4n) is 1.98. The van der Waals surface area contributed by atoms with Gasteiger partial charge in [0.05, 0.1) is 11.1 Å². The lowest BCUT2D eigenvalue weighted by Gasteiger charge is -2.08. The van der Waals surface area contributed by atoms with E-state index < -0.39 is 11.7 Å². The zero-order valence-corrected chi connectivity index (χ0v) is 15.1. The van der Waals surface area contributed by atoms with Crippen LogP contribution in [-0.4, -0.2) is 12.5 Å². The Morgan fingerprint density at radius 3 is 2.64 bits per heavy atom. The van der Waals surface area contributed by atoms with Crippen LogP contribution in [0, 0.1) is 17.1 Å². The molecule has 0 aliphatic carbocycles. The molecule has 1 N–H and O–H groups in total. The van der Waals surface area contributed by atoms with Gasteiger partial charge in [-0.3, -0.25) is 4.79 Å². The van der Waals surface area contributed by atoms with Gasteiger partial charge in [-0.2, -0.15) is 5.26 Å². The number of rotatable bonds is 6. The molecule has 0 aliphatic rings. The number of nitrogens with one attached hydrogen (secondary N) is 1. The van der Waals surface area contributed by atoms with Gasteiger partial charge in [0.25, 0.3) is 5.91 Å². The Balaban J connectivity index is 2.16. The SMILES string of the molecule is CCCOc1ccc(/C=C(\C#N)C(=O)Nc2ccc(F)cc2)cc1Br. The van der Waals surface area contributed by atoms with E-state index >= 15 is 0 Å². The zero-order valence-electron chi connectivity index (χ0n) is 13.6. The number of amides is 1. The molecule has 0 aliphatic heterocycles. The van der Waals surface area contributed by atoms with Gasteiger partial charge in [-0.1, -0.05) is 13.0 Å². The van der Waals surface area contributed by atoms with Crippen molar-refractivity contribution >= 4 is 33.6 Å². The summed E-state index contributed by atoms with van der Waals surface area (Å²) >= 11 is 3.41. The number of ether oxygens (including phenoxy) is 1. The van der Waals surface area contributed by atoms with E-state index in [1.807, 2.05) is 13.0 Å². The summed E-state index contributed by atoms with van der Waals surface area (Å²) in [6, 6.07) is 12.5. The molecule has 2 aromatic carbocycles. The van der Waals surface area contributed by atoms with E-state index in [0.29, 0.717) is 23.6 Å².